The Hall–Kier alpha value is -3.16. The number of hydrogen-bond acceptors (Lipinski definition) is 4. The molecule has 3 rings (SSSR count). The van der Waals surface area contributed by atoms with Crippen LogP contribution in [0.4, 0.5) is 14.9 Å². The van der Waals surface area contributed by atoms with E-state index < -0.39 is 29.7 Å². The zero-order chi connectivity index (χ0) is 18.0. The van der Waals surface area contributed by atoms with Gasteiger partial charge >= 0.3 is 6.03 Å². The van der Waals surface area contributed by atoms with E-state index in [0.717, 1.165) is 4.90 Å². The summed E-state index contributed by atoms with van der Waals surface area (Å²) in [7, 11) is 0. The van der Waals surface area contributed by atoms with Gasteiger partial charge in [-0.2, -0.15) is 0 Å². The lowest BCUT2D eigenvalue weighted by Crippen LogP contribution is -2.41. The summed E-state index contributed by atoms with van der Waals surface area (Å²) in [5, 5.41) is 2.58. The van der Waals surface area contributed by atoms with E-state index in [0.29, 0.717) is 11.4 Å². The minimum absolute atomic E-state index is 0.166. The number of hydrogen-bond donors (Lipinski definition) is 1. The molecule has 1 unspecified atom stereocenters. The van der Waals surface area contributed by atoms with E-state index in [-0.39, 0.29) is 13.1 Å². The van der Waals surface area contributed by atoms with Gasteiger partial charge in [0.15, 0.2) is 0 Å². The number of amides is 4. The Bertz CT molecular complexity index is 789. The average molecular weight is 345 g/mol. The Morgan fingerprint density at radius 2 is 1.96 bits per heavy atom. The third-order valence-corrected chi connectivity index (χ3v) is 3.89. The zero-order valence-electron chi connectivity index (χ0n) is 13.4. The number of benzene rings is 1. The Balaban J connectivity index is 1.67. The van der Waals surface area contributed by atoms with Crippen LogP contribution in [0, 0.1) is 5.82 Å². The number of nitrogens with zero attached hydrogens (tertiary/aromatic N) is 2. The van der Waals surface area contributed by atoms with Gasteiger partial charge in [0.2, 0.25) is 5.91 Å². The van der Waals surface area contributed by atoms with Crippen molar-refractivity contribution in [3.05, 3.63) is 54.2 Å². The van der Waals surface area contributed by atoms with Gasteiger partial charge in [-0.15, -0.1) is 0 Å². The fourth-order valence-electron chi connectivity index (χ4n) is 2.61. The lowest BCUT2D eigenvalue weighted by molar-refractivity contribution is -0.131. The van der Waals surface area contributed by atoms with Crippen molar-refractivity contribution in [3.63, 3.8) is 0 Å². The fourth-order valence-corrected chi connectivity index (χ4v) is 2.61. The molecule has 2 heterocycles. The summed E-state index contributed by atoms with van der Waals surface area (Å²) in [6.45, 7) is 1.34. The van der Waals surface area contributed by atoms with Crippen molar-refractivity contribution in [3.8, 4) is 0 Å². The topological polar surface area (TPSA) is 82.9 Å². The maximum absolute atomic E-state index is 13.1. The standard InChI is InChI=1S/C17H16FN3O4/c1-11-16(23)20(10-15(22)19-9-14-3-2-8-25-14)17(24)21(11)13-6-4-12(18)5-7-13/h2-8,11H,9-10H2,1H3,(H,19,22). The number of furan rings is 1. The first-order chi connectivity index (χ1) is 12.0. The van der Waals surface area contributed by atoms with Crippen molar-refractivity contribution in [2.24, 2.45) is 0 Å². The van der Waals surface area contributed by atoms with Gasteiger partial charge in [0, 0.05) is 5.69 Å². The minimum Gasteiger partial charge on any atom is -0.467 e. The maximum Gasteiger partial charge on any atom is 0.332 e. The second-order valence-electron chi connectivity index (χ2n) is 5.59. The van der Waals surface area contributed by atoms with Crippen LogP contribution in [-0.2, 0) is 16.1 Å². The molecule has 0 bridgehead atoms. The number of halogens is 1. The number of carbonyl (C=O) groups is 3. The van der Waals surface area contributed by atoms with Gasteiger partial charge in [0.05, 0.1) is 12.8 Å². The Morgan fingerprint density at radius 3 is 2.60 bits per heavy atom. The van der Waals surface area contributed by atoms with E-state index in [4.69, 9.17) is 4.42 Å². The summed E-state index contributed by atoms with van der Waals surface area (Å²) in [6.07, 6.45) is 1.48. The predicted molar refractivity (Wildman–Crippen MR) is 86.0 cm³/mol. The second kappa shape index (κ2) is 6.76. The normalized spacial score (nSPS) is 17.3. The monoisotopic (exact) mass is 345 g/mol. The van der Waals surface area contributed by atoms with E-state index in [9.17, 15) is 18.8 Å². The van der Waals surface area contributed by atoms with Crippen molar-refractivity contribution in [2.75, 3.05) is 11.4 Å². The summed E-state index contributed by atoms with van der Waals surface area (Å²) >= 11 is 0. The highest BCUT2D eigenvalue weighted by molar-refractivity contribution is 6.15. The number of anilines is 1. The molecule has 1 aliphatic rings. The zero-order valence-corrected chi connectivity index (χ0v) is 13.4. The summed E-state index contributed by atoms with van der Waals surface area (Å²) in [5.41, 5.74) is 0.394. The molecule has 8 heteroatoms. The number of nitrogens with one attached hydrogen (secondary N) is 1. The molecule has 130 valence electrons. The van der Waals surface area contributed by atoms with Crippen LogP contribution in [0.3, 0.4) is 0 Å². The van der Waals surface area contributed by atoms with E-state index >= 15 is 0 Å². The van der Waals surface area contributed by atoms with Crippen molar-refractivity contribution in [2.45, 2.75) is 19.5 Å². The van der Waals surface area contributed by atoms with Crippen molar-refractivity contribution in [1.82, 2.24) is 10.2 Å². The van der Waals surface area contributed by atoms with Gasteiger partial charge in [-0.1, -0.05) is 0 Å². The average Bonchev–Trinajstić information content (AvgIpc) is 3.18. The molecule has 25 heavy (non-hydrogen) atoms. The molecule has 0 spiro atoms. The van der Waals surface area contributed by atoms with Gasteiger partial charge in [-0.3, -0.25) is 19.4 Å². The molecule has 0 aliphatic carbocycles. The molecule has 7 nitrogen and oxygen atoms in total. The van der Waals surface area contributed by atoms with Gasteiger partial charge in [-0.05, 0) is 43.3 Å². The van der Waals surface area contributed by atoms with Crippen LogP contribution in [0.15, 0.2) is 47.1 Å². The highest BCUT2D eigenvalue weighted by Crippen LogP contribution is 2.25. The SMILES string of the molecule is CC1C(=O)N(CC(=O)NCc2ccco2)C(=O)N1c1ccc(F)cc1. The number of rotatable bonds is 5. The molecule has 1 aliphatic heterocycles. The summed E-state index contributed by atoms with van der Waals surface area (Å²) < 4.78 is 18.1. The molecule has 0 saturated carbocycles. The Labute approximate surface area is 143 Å². The summed E-state index contributed by atoms with van der Waals surface area (Å²) in [5.74, 6) is -0.842. The molecule has 0 radical (unpaired) electrons. The molecule has 1 aromatic carbocycles. The highest BCUT2D eigenvalue weighted by Gasteiger charge is 2.43. The van der Waals surface area contributed by atoms with Crippen molar-refractivity contribution >= 4 is 23.5 Å². The molecular formula is C17H16FN3O4. The van der Waals surface area contributed by atoms with Gasteiger partial charge in [0.1, 0.15) is 24.2 Å². The maximum atomic E-state index is 13.1. The minimum atomic E-state index is -0.768. The first kappa shape index (κ1) is 16.7. The predicted octanol–water partition coefficient (Wildman–Crippen LogP) is 1.89. The third-order valence-electron chi connectivity index (χ3n) is 3.89. The van der Waals surface area contributed by atoms with Gasteiger partial charge < -0.3 is 9.73 Å². The summed E-state index contributed by atoms with van der Waals surface area (Å²) in [6, 6.07) is 7.25. The Kier molecular flexibility index (Phi) is 4.51. The quantitative estimate of drug-likeness (QED) is 0.839. The third kappa shape index (κ3) is 3.37. The lowest BCUT2D eigenvalue weighted by Gasteiger charge is -2.19. The molecule has 1 N–H and O–H groups in total. The molecule has 1 atom stereocenters. The number of imide groups is 1. The lowest BCUT2D eigenvalue weighted by atomic mass is 10.2. The second-order valence-corrected chi connectivity index (χ2v) is 5.59. The first-order valence-electron chi connectivity index (χ1n) is 7.66. The van der Waals surface area contributed by atoms with Crippen LogP contribution in [0.1, 0.15) is 12.7 Å². The first-order valence-corrected chi connectivity index (χ1v) is 7.66. The van der Waals surface area contributed by atoms with E-state index in [1.807, 2.05) is 0 Å². The van der Waals surface area contributed by atoms with Gasteiger partial charge in [0.25, 0.3) is 5.91 Å². The van der Waals surface area contributed by atoms with Crippen LogP contribution in [0.5, 0.6) is 0 Å². The smallest absolute Gasteiger partial charge is 0.332 e. The van der Waals surface area contributed by atoms with Crippen LogP contribution in [-0.4, -0.2) is 35.3 Å². The van der Waals surface area contributed by atoms with Crippen molar-refractivity contribution < 1.29 is 23.2 Å². The van der Waals surface area contributed by atoms with Crippen LogP contribution in [0.25, 0.3) is 0 Å². The molecule has 2 aromatic rings. The Morgan fingerprint density at radius 1 is 1.24 bits per heavy atom. The van der Waals surface area contributed by atoms with Gasteiger partial charge in [-0.25, -0.2) is 9.18 Å². The molecule has 1 aromatic heterocycles. The van der Waals surface area contributed by atoms with E-state index in [1.54, 1.807) is 19.1 Å². The molecular weight excluding hydrogens is 329 g/mol. The van der Waals surface area contributed by atoms with Crippen LogP contribution in [0.2, 0.25) is 0 Å². The van der Waals surface area contributed by atoms with E-state index in [1.165, 1.54) is 35.4 Å². The molecule has 1 fully saturated rings. The number of urea groups is 1. The van der Waals surface area contributed by atoms with Crippen molar-refractivity contribution in [1.29, 1.82) is 0 Å². The largest absolute Gasteiger partial charge is 0.467 e. The van der Waals surface area contributed by atoms with Crippen LogP contribution < -0.4 is 10.2 Å². The number of carbonyl (C=O) groups excluding carboxylic acids is 3. The van der Waals surface area contributed by atoms with E-state index in [2.05, 4.69) is 5.32 Å². The fraction of sp³-hybridized carbons (Fsp3) is 0.235. The summed E-state index contributed by atoms with van der Waals surface area (Å²) in [4.78, 5) is 39.0. The molecule has 4 amide bonds. The molecule has 1 saturated heterocycles. The highest BCUT2D eigenvalue weighted by atomic mass is 19.1. The van der Waals surface area contributed by atoms with Crippen LogP contribution >= 0.6 is 0 Å².